The lowest BCUT2D eigenvalue weighted by Gasteiger charge is -2.09. The van der Waals surface area contributed by atoms with E-state index in [-0.39, 0.29) is 0 Å². The largest absolute Gasteiger partial charge is 0.466 e. The molecule has 1 aromatic carbocycles. The summed E-state index contributed by atoms with van der Waals surface area (Å²) < 4.78 is 11.0. The quantitative estimate of drug-likeness (QED) is 0.750. The Morgan fingerprint density at radius 2 is 2.05 bits per heavy atom. The fraction of sp³-hybridized carbons (Fsp3) is 0.312. The van der Waals surface area contributed by atoms with E-state index in [0.717, 1.165) is 28.2 Å². The number of aryl methyl sites for hydroxylation is 2. The van der Waals surface area contributed by atoms with Crippen molar-refractivity contribution in [1.29, 1.82) is 0 Å². The summed E-state index contributed by atoms with van der Waals surface area (Å²) in [6.07, 6.45) is -0.00207. The number of aliphatic hydroxyl groups is 1. The molecule has 5 heteroatoms. The van der Waals surface area contributed by atoms with Crippen molar-refractivity contribution >= 4 is 17.1 Å². The van der Waals surface area contributed by atoms with Gasteiger partial charge in [0.05, 0.1) is 6.10 Å². The number of para-hydroxylation sites is 2. The lowest BCUT2D eigenvalue weighted by molar-refractivity contribution is 0.169. The molecule has 0 aliphatic rings. The van der Waals surface area contributed by atoms with E-state index in [1.807, 2.05) is 44.2 Å². The second-order valence-corrected chi connectivity index (χ2v) is 5.09. The molecular formula is C16H18N2O3. The molecule has 0 fully saturated rings. The number of anilines is 1. The van der Waals surface area contributed by atoms with Gasteiger partial charge >= 0.3 is 0 Å². The molecule has 0 aliphatic carbocycles. The summed E-state index contributed by atoms with van der Waals surface area (Å²) in [4.78, 5) is 4.33. The van der Waals surface area contributed by atoms with Crippen molar-refractivity contribution in [3.63, 3.8) is 0 Å². The number of aliphatic hydroxyl groups excluding tert-OH is 1. The summed E-state index contributed by atoms with van der Waals surface area (Å²) >= 11 is 0. The van der Waals surface area contributed by atoms with Crippen molar-refractivity contribution in [2.45, 2.75) is 26.4 Å². The Balaban J connectivity index is 1.59. The van der Waals surface area contributed by atoms with Gasteiger partial charge in [0.15, 0.2) is 5.58 Å². The van der Waals surface area contributed by atoms with Crippen LogP contribution in [-0.2, 0) is 0 Å². The predicted octanol–water partition coefficient (Wildman–Crippen LogP) is 3.57. The second kappa shape index (κ2) is 5.61. The van der Waals surface area contributed by atoms with Crippen LogP contribution in [0.2, 0.25) is 0 Å². The Kier molecular flexibility index (Phi) is 3.66. The maximum Gasteiger partial charge on any atom is 0.295 e. The van der Waals surface area contributed by atoms with Gasteiger partial charge in [-0.3, -0.25) is 0 Å². The van der Waals surface area contributed by atoms with E-state index in [0.29, 0.717) is 19.0 Å². The molecule has 1 unspecified atom stereocenters. The summed E-state index contributed by atoms with van der Waals surface area (Å²) in [6, 6.07) is 9.95. The zero-order valence-corrected chi connectivity index (χ0v) is 12.1. The van der Waals surface area contributed by atoms with Gasteiger partial charge in [0.1, 0.15) is 17.0 Å². The normalized spacial score (nSPS) is 12.7. The van der Waals surface area contributed by atoms with Crippen LogP contribution < -0.4 is 5.32 Å². The Bertz CT molecular complexity index is 712. The number of nitrogens with zero attached hydrogens (tertiary/aromatic N) is 1. The molecule has 0 saturated heterocycles. The van der Waals surface area contributed by atoms with E-state index in [1.165, 1.54) is 0 Å². The summed E-state index contributed by atoms with van der Waals surface area (Å²) in [7, 11) is 0. The number of hydrogen-bond donors (Lipinski definition) is 2. The highest BCUT2D eigenvalue weighted by molar-refractivity contribution is 5.74. The first-order valence-electron chi connectivity index (χ1n) is 6.98. The van der Waals surface area contributed by atoms with E-state index in [1.54, 1.807) is 0 Å². The average Bonchev–Trinajstić information content (AvgIpc) is 3.01. The minimum Gasteiger partial charge on any atom is -0.466 e. The van der Waals surface area contributed by atoms with Gasteiger partial charge in [0.25, 0.3) is 6.01 Å². The van der Waals surface area contributed by atoms with Crippen LogP contribution in [0.3, 0.4) is 0 Å². The molecule has 0 saturated carbocycles. The van der Waals surface area contributed by atoms with Gasteiger partial charge in [-0.25, -0.2) is 0 Å². The van der Waals surface area contributed by atoms with Crippen LogP contribution in [-0.4, -0.2) is 16.6 Å². The van der Waals surface area contributed by atoms with Gasteiger partial charge in [-0.05, 0) is 38.5 Å². The van der Waals surface area contributed by atoms with E-state index in [4.69, 9.17) is 8.83 Å². The number of oxazole rings is 1. The summed E-state index contributed by atoms with van der Waals surface area (Å²) in [5, 5.41) is 13.3. The summed E-state index contributed by atoms with van der Waals surface area (Å²) in [6.45, 7) is 4.30. The van der Waals surface area contributed by atoms with Gasteiger partial charge in [0.2, 0.25) is 0 Å². The average molecular weight is 286 g/mol. The van der Waals surface area contributed by atoms with Crippen molar-refractivity contribution in [3.05, 3.63) is 47.4 Å². The topological polar surface area (TPSA) is 71.4 Å². The van der Waals surface area contributed by atoms with Crippen LogP contribution in [0.15, 0.2) is 39.2 Å². The first-order chi connectivity index (χ1) is 10.1. The number of rotatable bonds is 5. The van der Waals surface area contributed by atoms with Gasteiger partial charge in [0, 0.05) is 12.1 Å². The Labute approximate surface area is 122 Å². The minimum atomic E-state index is -0.556. The lowest BCUT2D eigenvalue weighted by atomic mass is 10.1. The Morgan fingerprint density at radius 1 is 1.24 bits per heavy atom. The van der Waals surface area contributed by atoms with E-state index in [2.05, 4.69) is 10.3 Å². The highest BCUT2D eigenvalue weighted by atomic mass is 16.4. The first kappa shape index (κ1) is 13.7. The molecule has 110 valence electrons. The molecule has 0 spiro atoms. The van der Waals surface area contributed by atoms with E-state index in [9.17, 15) is 5.11 Å². The smallest absolute Gasteiger partial charge is 0.295 e. The molecule has 2 aromatic heterocycles. The third kappa shape index (κ3) is 2.92. The molecule has 0 amide bonds. The molecule has 0 aliphatic heterocycles. The molecule has 21 heavy (non-hydrogen) atoms. The molecule has 0 bridgehead atoms. The predicted molar refractivity (Wildman–Crippen MR) is 80.3 cm³/mol. The number of nitrogens with one attached hydrogen (secondary N) is 1. The van der Waals surface area contributed by atoms with Crippen molar-refractivity contribution in [3.8, 4) is 0 Å². The zero-order chi connectivity index (χ0) is 14.8. The maximum absolute atomic E-state index is 10.2. The standard InChI is InChI=1S/C16H18N2O3/c1-10-9-12(11(2)20-10)14(19)7-8-17-16-18-13-5-3-4-6-15(13)21-16/h3-6,9,14,19H,7-8H2,1-2H3,(H,17,18). The molecule has 2 N–H and O–H groups in total. The van der Waals surface area contributed by atoms with E-state index < -0.39 is 6.10 Å². The molecule has 3 aromatic rings. The van der Waals surface area contributed by atoms with Crippen molar-refractivity contribution < 1.29 is 13.9 Å². The molecule has 1 atom stereocenters. The minimum absolute atomic E-state index is 0.475. The van der Waals surface area contributed by atoms with Crippen molar-refractivity contribution in [1.82, 2.24) is 4.98 Å². The molecule has 2 heterocycles. The molecular weight excluding hydrogens is 268 g/mol. The third-order valence-electron chi connectivity index (χ3n) is 3.43. The number of fused-ring (bicyclic) bond motifs is 1. The zero-order valence-electron chi connectivity index (χ0n) is 12.1. The van der Waals surface area contributed by atoms with Crippen molar-refractivity contribution in [2.24, 2.45) is 0 Å². The number of hydrogen-bond acceptors (Lipinski definition) is 5. The highest BCUT2D eigenvalue weighted by Crippen LogP contribution is 2.24. The van der Waals surface area contributed by atoms with Gasteiger partial charge in [-0.1, -0.05) is 12.1 Å². The van der Waals surface area contributed by atoms with Crippen LogP contribution in [0.4, 0.5) is 6.01 Å². The lowest BCUT2D eigenvalue weighted by Crippen LogP contribution is -2.08. The summed E-state index contributed by atoms with van der Waals surface area (Å²) in [5.41, 5.74) is 2.41. The van der Waals surface area contributed by atoms with Crippen LogP contribution >= 0.6 is 0 Å². The monoisotopic (exact) mass is 286 g/mol. The van der Waals surface area contributed by atoms with Crippen LogP contribution in [0.25, 0.3) is 11.1 Å². The fourth-order valence-electron chi connectivity index (χ4n) is 2.40. The SMILES string of the molecule is Cc1cc(C(O)CCNc2nc3ccccc3o2)c(C)o1. The number of benzene rings is 1. The van der Waals surface area contributed by atoms with Crippen LogP contribution in [0, 0.1) is 13.8 Å². The van der Waals surface area contributed by atoms with Gasteiger partial charge < -0.3 is 19.3 Å². The van der Waals surface area contributed by atoms with Gasteiger partial charge in [-0.15, -0.1) is 0 Å². The van der Waals surface area contributed by atoms with Crippen LogP contribution in [0.5, 0.6) is 0 Å². The third-order valence-corrected chi connectivity index (χ3v) is 3.43. The second-order valence-electron chi connectivity index (χ2n) is 5.09. The first-order valence-corrected chi connectivity index (χ1v) is 6.98. The van der Waals surface area contributed by atoms with E-state index >= 15 is 0 Å². The Morgan fingerprint density at radius 3 is 2.76 bits per heavy atom. The number of aromatic nitrogens is 1. The Hall–Kier alpha value is -2.27. The fourth-order valence-corrected chi connectivity index (χ4v) is 2.40. The van der Waals surface area contributed by atoms with Crippen LogP contribution in [0.1, 0.15) is 29.6 Å². The van der Waals surface area contributed by atoms with Crippen molar-refractivity contribution in [2.75, 3.05) is 11.9 Å². The molecule has 5 nitrogen and oxygen atoms in total. The molecule has 0 radical (unpaired) electrons. The summed E-state index contributed by atoms with van der Waals surface area (Å²) in [5.74, 6) is 1.58. The number of furan rings is 1. The molecule has 3 rings (SSSR count). The van der Waals surface area contributed by atoms with Gasteiger partial charge in [-0.2, -0.15) is 4.98 Å². The maximum atomic E-state index is 10.2. The highest BCUT2D eigenvalue weighted by Gasteiger charge is 2.14.